The van der Waals surface area contributed by atoms with E-state index in [0.29, 0.717) is 6.54 Å². The fraction of sp³-hybridized carbons (Fsp3) is 0.857. The molecule has 0 bridgehead atoms. The Kier molecular flexibility index (Phi) is 7.68. The predicted octanol–water partition coefficient (Wildman–Crippen LogP) is 1.18. The van der Waals surface area contributed by atoms with E-state index in [4.69, 9.17) is 0 Å². The summed E-state index contributed by atoms with van der Waals surface area (Å²) in [7, 11) is 0. The molecule has 0 aliphatic rings. The molecule has 0 fully saturated rings. The fourth-order valence-corrected chi connectivity index (χ4v) is 1.55. The molecule has 0 heterocycles. The lowest BCUT2D eigenvalue weighted by Gasteiger charge is -2.25. The average molecular weight is 271 g/mol. The van der Waals surface area contributed by atoms with Gasteiger partial charge in [0, 0.05) is 12.1 Å². The third-order valence-electron chi connectivity index (χ3n) is 2.61. The Hall–Kier alpha value is -1.10. The number of carbonyl (C=O) groups is 2. The maximum absolute atomic E-state index is 11.9. The molecule has 112 valence electrons. The Labute approximate surface area is 116 Å². The van der Waals surface area contributed by atoms with Crippen LogP contribution in [0.25, 0.3) is 0 Å². The number of hydrogen-bond donors (Lipinski definition) is 3. The minimum Gasteiger partial charge on any atom is -0.355 e. The summed E-state index contributed by atoms with van der Waals surface area (Å²) in [6, 6.07) is -0.774. The molecule has 2 atom stereocenters. The first-order valence-electron chi connectivity index (χ1n) is 7.03. The lowest BCUT2D eigenvalue weighted by molar-refractivity contribution is -0.125. The molecule has 5 heteroatoms. The normalized spacial score (nSPS) is 14.6. The van der Waals surface area contributed by atoms with Gasteiger partial charge in [-0.1, -0.05) is 13.3 Å². The van der Waals surface area contributed by atoms with Crippen molar-refractivity contribution in [3.05, 3.63) is 0 Å². The third kappa shape index (κ3) is 8.59. The summed E-state index contributed by atoms with van der Waals surface area (Å²) >= 11 is 0. The van der Waals surface area contributed by atoms with Gasteiger partial charge in [-0.15, -0.1) is 0 Å². The molecule has 0 saturated heterocycles. The van der Waals surface area contributed by atoms with E-state index in [2.05, 4.69) is 22.9 Å². The van der Waals surface area contributed by atoms with Crippen LogP contribution < -0.4 is 16.0 Å². The second-order valence-corrected chi connectivity index (χ2v) is 5.99. The van der Waals surface area contributed by atoms with Gasteiger partial charge in [0.2, 0.25) is 11.8 Å². The van der Waals surface area contributed by atoms with Crippen molar-refractivity contribution in [3.63, 3.8) is 0 Å². The summed E-state index contributed by atoms with van der Waals surface area (Å²) in [5, 5.41) is 8.73. The largest absolute Gasteiger partial charge is 0.355 e. The van der Waals surface area contributed by atoms with Gasteiger partial charge in [0.05, 0.1) is 12.1 Å². The molecular formula is C14H29N3O2. The second kappa shape index (κ2) is 8.15. The highest BCUT2D eigenvalue weighted by atomic mass is 16.2. The van der Waals surface area contributed by atoms with Crippen LogP contribution in [0.5, 0.6) is 0 Å². The summed E-state index contributed by atoms with van der Waals surface area (Å²) in [6.07, 6.45) is 2.02. The van der Waals surface area contributed by atoms with E-state index in [0.717, 1.165) is 12.8 Å². The van der Waals surface area contributed by atoms with E-state index in [1.807, 2.05) is 20.8 Å². The van der Waals surface area contributed by atoms with E-state index in [-0.39, 0.29) is 23.4 Å². The molecule has 3 N–H and O–H groups in total. The van der Waals surface area contributed by atoms with Gasteiger partial charge in [-0.2, -0.15) is 0 Å². The molecule has 0 aromatic carbocycles. The number of carbonyl (C=O) groups excluding carboxylic acids is 2. The van der Waals surface area contributed by atoms with Gasteiger partial charge < -0.3 is 10.6 Å². The minimum atomic E-state index is -0.397. The molecule has 2 amide bonds. The second-order valence-electron chi connectivity index (χ2n) is 5.99. The molecule has 0 aromatic rings. The number of unbranched alkanes of at least 4 members (excludes halogenated alkanes) is 1. The first kappa shape index (κ1) is 17.9. The molecule has 0 aromatic heterocycles. The monoisotopic (exact) mass is 271 g/mol. The molecule has 0 saturated carbocycles. The van der Waals surface area contributed by atoms with Gasteiger partial charge in [-0.25, -0.2) is 0 Å². The van der Waals surface area contributed by atoms with Crippen molar-refractivity contribution in [3.8, 4) is 0 Å². The van der Waals surface area contributed by atoms with Crippen LogP contribution in [-0.2, 0) is 9.59 Å². The fourth-order valence-electron chi connectivity index (χ4n) is 1.55. The van der Waals surface area contributed by atoms with E-state index in [1.54, 1.807) is 13.8 Å². The Morgan fingerprint density at radius 3 is 2.05 bits per heavy atom. The number of nitrogens with one attached hydrogen (secondary N) is 3. The molecular weight excluding hydrogens is 242 g/mol. The molecule has 0 aliphatic carbocycles. The Bertz CT molecular complexity index is 298. The maximum Gasteiger partial charge on any atom is 0.237 e. The van der Waals surface area contributed by atoms with E-state index < -0.39 is 6.04 Å². The molecule has 0 rings (SSSR count). The molecule has 5 nitrogen and oxygen atoms in total. The highest BCUT2D eigenvalue weighted by molar-refractivity contribution is 5.85. The van der Waals surface area contributed by atoms with Gasteiger partial charge in [0.25, 0.3) is 0 Å². The summed E-state index contributed by atoms with van der Waals surface area (Å²) in [4.78, 5) is 23.6. The van der Waals surface area contributed by atoms with Crippen molar-refractivity contribution >= 4 is 11.8 Å². The molecule has 2 unspecified atom stereocenters. The van der Waals surface area contributed by atoms with Gasteiger partial charge in [0.15, 0.2) is 0 Å². The summed E-state index contributed by atoms with van der Waals surface area (Å²) < 4.78 is 0. The summed E-state index contributed by atoms with van der Waals surface area (Å²) in [6.45, 7) is 12.1. The Balaban J connectivity index is 4.13. The van der Waals surface area contributed by atoms with Crippen molar-refractivity contribution in [1.29, 1.82) is 0 Å². The van der Waals surface area contributed by atoms with Crippen LogP contribution in [0.3, 0.4) is 0 Å². The van der Waals surface area contributed by atoms with Gasteiger partial charge in [0.1, 0.15) is 0 Å². The SMILES string of the molecule is CCCCNC(=O)C(C)NC(C)C(=O)NC(C)(C)C. The van der Waals surface area contributed by atoms with Crippen LogP contribution in [-0.4, -0.2) is 36.0 Å². The zero-order valence-corrected chi connectivity index (χ0v) is 13.1. The zero-order chi connectivity index (χ0) is 15.1. The van der Waals surface area contributed by atoms with Crippen LogP contribution in [0.4, 0.5) is 0 Å². The number of hydrogen-bond acceptors (Lipinski definition) is 3. The highest BCUT2D eigenvalue weighted by Crippen LogP contribution is 2.00. The van der Waals surface area contributed by atoms with Gasteiger partial charge in [-0.05, 0) is 41.0 Å². The van der Waals surface area contributed by atoms with Gasteiger partial charge in [-0.3, -0.25) is 14.9 Å². The molecule has 0 radical (unpaired) electrons. The zero-order valence-electron chi connectivity index (χ0n) is 13.1. The summed E-state index contributed by atoms with van der Waals surface area (Å²) in [5.74, 6) is -0.162. The smallest absolute Gasteiger partial charge is 0.237 e. The third-order valence-corrected chi connectivity index (χ3v) is 2.61. The lowest BCUT2D eigenvalue weighted by atomic mass is 10.1. The Morgan fingerprint density at radius 2 is 1.58 bits per heavy atom. The van der Waals surface area contributed by atoms with Crippen molar-refractivity contribution < 1.29 is 9.59 Å². The van der Waals surface area contributed by atoms with Crippen molar-refractivity contribution in [2.45, 2.75) is 72.0 Å². The van der Waals surface area contributed by atoms with Crippen LogP contribution in [0.1, 0.15) is 54.4 Å². The maximum atomic E-state index is 11.9. The first-order valence-corrected chi connectivity index (χ1v) is 7.03. The minimum absolute atomic E-state index is 0.0659. The molecule has 0 spiro atoms. The number of rotatable bonds is 7. The van der Waals surface area contributed by atoms with Crippen LogP contribution in [0, 0.1) is 0 Å². The lowest BCUT2D eigenvalue weighted by Crippen LogP contribution is -2.54. The standard InChI is InChI=1S/C14H29N3O2/c1-7-8-9-15-12(18)10(2)16-11(3)13(19)17-14(4,5)6/h10-11,16H,7-9H2,1-6H3,(H,15,18)(H,17,19). The predicted molar refractivity (Wildman–Crippen MR) is 77.9 cm³/mol. The van der Waals surface area contributed by atoms with E-state index in [1.165, 1.54) is 0 Å². The highest BCUT2D eigenvalue weighted by Gasteiger charge is 2.22. The first-order chi connectivity index (χ1) is 8.67. The van der Waals surface area contributed by atoms with Crippen LogP contribution >= 0.6 is 0 Å². The van der Waals surface area contributed by atoms with Gasteiger partial charge >= 0.3 is 0 Å². The Morgan fingerprint density at radius 1 is 1.05 bits per heavy atom. The molecule has 19 heavy (non-hydrogen) atoms. The van der Waals surface area contributed by atoms with E-state index in [9.17, 15) is 9.59 Å². The van der Waals surface area contributed by atoms with Crippen molar-refractivity contribution in [2.24, 2.45) is 0 Å². The average Bonchev–Trinajstić information content (AvgIpc) is 2.26. The van der Waals surface area contributed by atoms with E-state index >= 15 is 0 Å². The van der Waals surface area contributed by atoms with Crippen LogP contribution in [0.2, 0.25) is 0 Å². The van der Waals surface area contributed by atoms with Crippen molar-refractivity contribution in [2.75, 3.05) is 6.54 Å². The summed E-state index contributed by atoms with van der Waals surface area (Å²) in [5.41, 5.74) is -0.264. The van der Waals surface area contributed by atoms with Crippen LogP contribution in [0.15, 0.2) is 0 Å². The van der Waals surface area contributed by atoms with Crippen molar-refractivity contribution in [1.82, 2.24) is 16.0 Å². The quantitative estimate of drug-likeness (QED) is 0.609. The molecule has 0 aliphatic heterocycles. The topological polar surface area (TPSA) is 70.2 Å². The number of amides is 2.